The molecule has 2 aromatic rings. The van der Waals surface area contributed by atoms with Crippen LogP contribution < -0.4 is 4.72 Å². The van der Waals surface area contributed by atoms with Crippen molar-refractivity contribution in [2.45, 2.75) is 10.6 Å². The van der Waals surface area contributed by atoms with Crippen LogP contribution in [0.3, 0.4) is 0 Å². The number of thioether (sulfide) groups is 1. The molecule has 0 bridgehead atoms. The first-order valence-electron chi connectivity index (χ1n) is 6.94. The zero-order valence-electron chi connectivity index (χ0n) is 12.5. The lowest BCUT2D eigenvalue weighted by Gasteiger charge is -2.07. The highest BCUT2D eigenvalue weighted by atomic mass is 32.2. The van der Waals surface area contributed by atoms with E-state index in [1.54, 1.807) is 12.1 Å². The summed E-state index contributed by atoms with van der Waals surface area (Å²) >= 11 is 1.47. The van der Waals surface area contributed by atoms with Gasteiger partial charge in [0, 0.05) is 18.1 Å². The van der Waals surface area contributed by atoms with Crippen molar-refractivity contribution in [3.05, 3.63) is 65.2 Å². The Bertz CT molecular complexity index is 865. The highest BCUT2D eigenvalue weighted by Crippen LogP contribution is 2.16. The number of halogens is 2. The minimum atomic E-state index is -3.88. The fraction of sp³-hybridized carbons (Fsp3) is 0.188. The standard InChI is InChI=1S/C16H14F2N2O2S2/c17-15-6-5-14(9-16(15)18)24(21,22)20-7-8-23-11-13-4-2-1-3-12(13)10-19/h1-6,9,20H,7-8,11H2. The summed E-state index contributed by atoms with van der Waals surface area (Å²) in [4.78, 5) is -0.318. The maximum atomic E-state index is 13.1. The largest absolute Gasteiger partial charge is 0.240 e. The first-order valence-corrected chi connectivity index (χ1v) is 9.58. The van der Waals surface area contributed by atoms with E-state index in [1.807, 2.05) is 12.1 Å². The number of sulfonamides is 1. The third kappa shape index (κ3) is 4.77. The molecule has 24 heavy (non-hydrogen) atoms. The first-order chi connectivity index (χ1) is 11.4. The molecule has 0 heterocycles. The van der Waals surface area contributed by atoms with Gasteiger partial charge in [0.15, 0.2) is 11.6 Å². The molecule has 0 radical (unpaired) electrons. The molecule has 0 aliphatic rings. The number of rotatable bonds is 7. The van der Waals surface area contributed by atoms with Crippen LogP contribution in [0.5, 0.6) is 0 Å². The summed E-state index contributed by atoms with van der Waals surface area (Å²) in [6.45, 7) is 0.140. The van der Waals surface area contributed by atoms with E-state index in [9.17, 15) is 17.2 Å². The number of nitrogens with one attached hydrogen (secondary N) is 1. The van der Waals surface area contributed by atoms with Crippen LogP contribution in [0.1, 0.15) is 11.1 Å². The predicted octanol–water partition coefficient (Wildman–Crippen LogP) is 3.05. The summed E-state index contributed by atoms with van der Waals surface area (Å²) in [5.41, 5.74) is 1.47. The van der Waals surface area contributed by atoms with Crippen molar-refractivity contribution in [1.82, 2.24) is 4.72 Å². The molecule has 0 aliphatic heterocycles. The topological polar surface area (TPSA) is 70.0 Å². The summed E-state index contributed by atoms with van der Waals surface area (Å²) < 4.78 is 52.2. The Morgan fingerprint density at radius 3 is 2.58 bits per heavy atom. The molecule has 0 aromatic heterocycles. The second-order valence-electron chi connectivity index (χ2n) is 4.80. The van der Waals surface area contributed by atoms with Crippen LogP contribution in [0.2, 0.25) is 0 Å². The van der Waals surface area contributed by atoms with Crippen LogP contribution in [-0.2, 0) is 15.8 Å². The van der Waals surface area contributed by atoms with Gasteiger partial charge in [0.2, 0.25) is 10.0 Å². The Kier molecular flexibility index (Phi) is 6.31. The molecule has 0 saturated carbocycles. The lowest BCUT2D eigenvalue weighted by atomic mass is 10.1. The average molecular weight is 368 g/mol. The molecule has 0 fully saturated rings. The molecule has 0 atom stereocenters. The molecule has 126 valence electrons. The van der Waals surface area contributed by atoms with Gasteiger partial charge in [-0.1, -0.05) is 18.2 Å². The predicted molar refractivity (Wildman–Crippen MR) is 88.9 cm³/mol. The van der Waals surface area contributed by atoms with Crippen LogP contribution >= 0.6 is 11.8 Å². The molecule has 1 N–H and O–H groups in total. The maximum absolute atomic E-state index is 13.1. The Morgan fingerprint density at radius 1 is 1.12 bits per heavy atom. The molecule has 0 spiro atoms. The lowest BCUT2D eigenvalue weighted by molar-refractivity contribution is 0.504. The van der Waals surface area contributed by atoms with Gasteiger partial charge in [-0.2, -0.15) is 17.0 Å². The average Bonchev–Trinajstić information content (AvgIpc) is 2.57. The van der Waals surface area contributed by atoms with E-state index in [-0.39, 0.29) is 11.4 Å². The van der Waals surface area contributed by atoms with E-state index < -0.39 is 21.7 Å². The zero-order chi connectivity index (χ0) is 17.6. The highest BCUT2D eigenvalue weighted by Gasteiger charge is 2.15. The molecule has 4 nitrogen and oxygen atoms in total. The summed E-state index contributed by atoms with van der Waals surface area (Å²) in [6, 6.07) is 11.7. The minimum Gasteiger partial charge on any atom is -0.210 e. The summed E-state index contributed by atoms with van der Waals surface area (Å²) in [5.74, 6) is -1.25. The molecule has 0 unspecified atom stereocenters. The summed E-state index contributed by atoms with van der Waals surface area (Å²) in [6.07, 6.45) is 0. The van der Waals surface area contributed by atoms with Gasteiger partial charge >= 0.3 is 0 Å². The third-order valence-electron chi connectivity index (χ3n) is 3.14. The van der Waals surface area contributed by atoms with E-state index in [0.29, 0.717) is 23.1 Å². The number of benzene rings is 2. The van der Waals surface area contributed by atoms with Crippen LogP contribution in [0, 0.1) is 23.0 Å². The molecule has 8 heteroatoms. The fourth-order valence-corrected chi connectivity index (χ4v) is 3.95. The van der Waals surface area contributed by atoms with Gasteiger partial charge in [0.05, 0.1) is 16.5 Å². The van der Waals surface area contributed by atoms with Gasteiger partial charge in [0.1, 0.15) is 0 Å². The van der Waals surface area contributed by atoms with Crippen molar-refractivity contribution in [2.24, 2.45) is 0 Å². The molecule has 2 aromatic carbocycles. The Hall–Kier alpha value is -1.95. The van der Waals surface area contributed by atoms with Crippen molar-refractivity contribution < 1.29 is 17.2 Å². The number of hydrogen-bond acceptors (Lipinski definition) is 4. The second-order valence-corrected chi connectivity index (χ2v) is 7.67. The Morgan fingerprint density at radius 2 is 1.88 bits per heavy atom. The fourth-order valence-electron chi connectivity index (χ4n) is 1.91. The normalized spacial score (nSPS) is 11.2. The van der Waals surface area contributed by atoms with Gasteiger partial charge in [-0.25, -0.2) is 21.9 Å². The number of nitriles is 1. The monoisotopic (exact) mass is 368 g/mol. The van der Waals surface area contributed by atoms with Gasteiger partial charge in [-0.15, -0.1) is 0 Å². The first kappa shape index (κ1) is 18.4. The zero-order valence-corrected chi connectivity index (χ0v) is 14.1. The number of hydrogen-bond donors (Lipinski definition) is 1. The van der Waals surface area contributed by atoms with E-state index in [2.05, 4.69) is 10.8 Å². The Balaban J connectivity index is 1.85. The van der Waals surface area contributed by atoms with E-state index >= 15 is 0 Å². The Labute approximate surface area is 143 Å². The van der Waals surface area contributed by atoms with Crippen LogP contribution in [0.25, 0.3) is 0 Å². The molecular formula is C16H14F2N2O2S2. The van der Waals surface area contributed by atoms with Crippen molar-refractivity contribution in [3.63, 3.8) is 0 Å². The third-order valence-corrected chi connectivity index (χ3v) is 5.60. The van der Waals surface area contributed by atoms with Crippen LogP contribution in [-0.4, -0.2) is 20.7 Å². The van der Waals surface area contributed by atoms with Crippen molar-refractivity contribution in [2.75, 3.05) is 12.3 Å². The molecular weight excluding hydrogens is 354 g/mol. The van der Waals surface area contributed by atoms with E-state index in [1.165, 1.54) is 11.8 Å². The van der Waals surface area contributed by atoms with Gasteiger partial charge in [-0.3, -0.25) is 0 Å². The molecule has 0 amide bonds. The van der Waals surface area contributed by atoms with Gasteiger partial charge < -0.3 is 0 Å². The molecule has 0 aliphatic carbocycles. The summed E-state index contributed by atoms with van der Waals surface area (Å²) in [7, 11) is -3.88. The summed E-state index contributed by atoms with van der Waals surface area (Å²) in [5, 5.41) is 8.99. The minimum absolute atomic E-state index is 0.140. The smallest absolute Gasteiger partial charge is 0.210 e. The van der Waals surface area contributed by atoms with Crippen LogP contribution in [0.4, 0.5) is 8.78 Å². The van der Waals surface area contributed by atoms with E-state index in [0.717, 1.165) is 17.7 Å². The van der Waals surface area contributed by atoms with Gasteiger partial charge in [-0.05, 0) is 29.8 Å². The second kappa shape index (κ2) is 8.24. The van der Waals surface area contributed by atoms with Crippen molar-refractivity contribution in [3.8, 4) is 6.07 Å². The highest BCUT2D eigenvalue weighted by molar-refractivity contribution is 7.98. The molecule has 2 rings (SSSR count). The SMILES string of the molecule is N#Cc1ccccc1CSCCNS(=O)(=O)c1ccc(F)c(F)c1. The number of nitrogens with zero attached hydrogens (tertiary/aromatic N) is 1. The molecule has 0 saturated heterocycles. The van der Waals surface area contributed by atoms with Crippen molar-refractivity contribution >= 4 is 21.8 Å². The lowest BCUT2D eigenvalue weighted by Crippen LogP contribution is -2.26. The van der Waals surface area contributed by atoms with Gasteiger partial charge in [0.25, 0.3) is 0 Å². The quantitative estimate of drug-likeness (QED) is 0.763. The van der Waals surface area contributed by atoms with Crippen molar-refractivity contribution in [1.29, 1.82) is 5.26 Å². The van der Waals surface area contributed by atoms with E-state index in [4.69, 9.17) is 5.26 Å². The maximum Gasteiger partial charge on any atom is 0.240 e. The van der Waals surface area contributed by atoms with Crippen LogP contribution in [0.15, 0.2) is 47.4 Å².